The molecule has 6 heteroatoms. The Hall–Kier alpha value is -1.33. The largest absolute Gasteiger partial charge is 0.331 e. The fraction of sp³-hybridized carbons (Fsp3) is 0.611. The number of urea groups is 1. The lowest BCUT2D eigenvalue weighted by Gasteiger charge is -2.41. The maximum atomic E-state index is 13.6. The van der Waals surface area contributed by atoms with E-state index in [-0.39, 0.29) is 22.3 Å². The molecule has 1 atom stereocenters. The van der Waals surface area contributed by atoms with Crippen LogP contribution >= 0.6 is 11.6 Å². The average Bonchev–Trinajstić information content (AvgIpc) is 2.92. The van der Waals surface area contributed by atoms with Gasteiger partial charge in [0, 0.05) is 45.7 Å². The molecule has 132 valence electrons. The zero-order valence-corrected chi connectivity index (χ0v) is 15.2. The highest BCUT2D eigenvalue weighted by atomic mass is 35.5. The summed E-state index contributed by atoms with van der Waals surface area (Å²) < 4.78 is 13.6. The molecule has 0 aliphatic carbocycles. The number of hydrogen-bond donors (Lipinski definition) is 0. The molecule has 0 saturated carbocycles. The Morgan fingerprint density at radius 3 is 2.79 bits per heavy atom. The quantitative estimate of drug-likeness (QED) is 0.814. The van der Waals surface area contributed by atoms with Crippen molar-refractivity contribution < 1.29 is 9.18 Å². The molecule has 2 amide bonds. The van der Waals surface area contributed by atoms with E-state index in [1.54, 1.807) is 25.1 Å². The summed E-state index contributed by atoms with van der Waals surface area (Å²) in [7, 11) is 3.61. The molecule has 3 rings (SSSR count). The predicted molar refractivity (Wildman–Crippen MR) is 93.6 cm³/mol. The molecule has 0 N–H and O–H groups in total. The number of halogens is 2. The second-order valence-electron chi connectivity index (χ2n) is 7.41. The van der Waals surface area contributed by atoms with Crippen LogP contribution in [0.1, 0.15) is 24.8 Å². The Morgan fingerprint density at radius 1 is 1.29 bits per heavy atom. The topological polar surface area (TPSA) is 26.8 Å². The van der Waals surface area contributed by atoms with Gasteiger partial charge in [-0.3, -0.25) is 4.90 Å². The number of likely N-dealkylation sites (tertiary alicyclic amines) is 2. The zero-order valence-electron chi connectivity index (χ0n) is 14.4. The van der Waals surface area contributed by atoms with Crippen LogP contribution in [0.5, 0.6) is 0 Å². The van der Waals surface area contributed by atoms with Crippen LogP contribution in [0.2, 0.25) is 5.02 Å². The summed E-state index contributed by atoms with van der Waals surface area (Å²) in [6.45, 7) is 4.37. The van der Waals surface area contributed by atoms with E-state index in [1.807, 2.05) is 11.0 Å². The predicted octanol–water partition coefficient (Wildman–Crippen LogP) is 3.45. The van der Waals surface area contributed by atoms with Crippen molar-refractivity contribution in [2.24, 2.45) is 5.41 Å². The van der Waals surface area contributed by atoms with Crippen molar-refractivity contribution in [3.05, 3.63) is 34.6 Å². The van der Waals surface area contributed by atoms with Gasteiger partial charge in [0.1, 0.15) is 5.82 Å². The third kappa shape index (κ3) is 3.67. The number of amides is 2. The van der Waals surface area contributed by atoms with Crippen molar-refractivity contribution >= 4 is 17.6 Å². The monoisotopic (exact) mass is 353 g/mol. The minimum atomic E-state index is -0.358. The van der Waals surface area contributed by atoms with Gasteiger partial charge < -0.3 is 9.80 Å². The Labute approximate surface area is 148 Å². The van der Waals surface area contributed by atoms with E-state index in [0.29, 0.717) is 0 Å². The Kier molecular flexibility index (Phi) is 5.02. The van der Waals surface area contributed by atoms with Crippen LogP contribution in [-0.4, -0.2) is 61.0 Å². The molecule has 1 spiro atoms. The van der Waals surface area contributed by atoms with Crippen molar-refractivity contribution in [1.29, 1.82) is 0 Å². The molecule has 2 saturated heterocycles. The number of carbonyl (C=O) groups excluding carboxylic acids is 1. The van der Waals surface area contributed by atoms with Crippen LogP contribution in [0, 0.1) is 11.2 Å². The van der Waals surface area contributed by atoms with Gasteiger partial charge in [0.05, 0.1) is 5.02 Å². The van der Waals surface area contributed by atoms with Crippen LogP contribution in [-0.2, 0) is 6.54 Å². The molecule has 0 radical (unpaired) electrons. The van der Waals surface area contributed by atoms with Gasteiger partial charge in [-0.05, 0) is 43.5 Å². The second-order valence-corrected chi connectivity index (χ2v) is 7.82. The molecule has 2 aliphatic heterocycles. The van der Waals surface area contributed by atoms with Crippen LogP contribution in [0.3, 0.4) is 0 Å². The number of hydrogen-bond acceptors (Lipinski definition) is 2. The second kappa shape index (κ2) is 6.89. The van der Waals surface area contributed by atoms with Gasteiger partial charge >= 0.3 is 6.03 Å². The molecular weight excluding hydrogens is 329 g/mol. The zero-order chi connectivity index (χ0) is 17.3. The Balaban J connectivity index is 1.63. The van der Waals surface area contributed by atoms with Crippen LogP contribution < -0.4 is 0 Å². The first-order valence-corrected chi connectivity index (χ1v) is 8.89. The van der Waals surface area contributed by atoms with Gasteiger partial charge in [-0.25, -0.2) is 9.18 Å². The fourth-order valence-electron chi connectivity index (χ4n) is 4.05. The van der Waals surface area contributed by atoms with Gasteiger partial charge in [-0.1, -0.05) is 17.7 Å². The molecule has 4 nitrogen and oxygen atoms in total. The smallest absolute Gasteiger partial charge is 0.319 e. The van der Waals surface area contributed by atoms with Crippen LogP contribution in [0.4, 0.5) is 9.18 Å². The lowest BCUT2D eigenvalue weighted by Crippen LogP contribution is -2.50. The molecule has 0 bridgehead atoms. The maximum absolute atomic E-state index is 13.6. The van der Waals surface area contributed by atoms with Crippen molar-refractivity contribution in [1.82, 2.24) is 14.7 Å². The molecule has 1 aromatic carbocycles. The van der Waals surface area contributed by atoms with Gasteiger partial charge in [-0.2, -0.15) is 0 Å². The third-order valence-corrected chi connectivity index (χ3v) is 5.53. The van der Waals surface area contributed by atoms with Gasteiger partial charge in [0.15, 0.2) is 0 Å². The van der Waals surface area contributed by atoms with Gasteiger partial charge in [0.2, 0.25) is 0 Å². The molecule has 2 aliphatic rings. The van der Waals surface area contributed by atoms with E-state index in [1.165, 1.54) is 6.07 Å². The first-order valence-electron chi connectivity index (χ1n) is 8.51. The fourth-order valence-corrected chi connectivity index (χ4v) is 4.16. The lowest BCUT2D eigenvalue weighted by molar-refractivity contribution is 0.0945. The van der Waals surface area contributed by atoms with Crippen LogP contribution in [0.25, 0.3) is 0 Å². The first-order chi connectivity index (χ1) is 11.4. The van der Waals surface area contributed by atoms with Gasteiger partial charge in [-0.15, -0.1) is 0 Å². The summed E-state index contributed by atoms with van der Waals surface area (Å²) in [5.41, 5.74) is 1.14. The summed E-state index contributed by atoms with van der Waals surface area (Å²) in [6.07, 6.45) is 3.32. The summed E-state index contributed by atoms with van der Waals surface area (Å²) in [5.74, 6) is -0.358. The Bertz CT molecular complexity index is 624. The van der Waals surface area contributed by atoms with Crippen molar-refractivity contribution in [3.8, 4) is 0 Å². The van der Waals surface area contributed by atoms with Crippen molar-refractivity contribution in [2.45, 2.75) is 25.8 Å². The van der Waals surface area contributed by atoms with E-state index in [4.69, 9.17) is 11.6 Å². The van der Waals surface area contributed by atoms with E-state index in [0.717, 1.165) is 57.5 Å². The highest BCUT2D eigenvalue weighted by molar-refractivity contribution is 6.30. The molecule has 1 aromatic rings. The minimum Gasteiger partial charge on any atom is -0.331 e. The molecule has 0 aromatic heterocycles. The number of benzene rings is 1. The van der Waals surface area contributed by atoms with E-state index in [2.05, 4.69) is 4.90 Å². The summed E-state index contributed by atoms with van der Waals surface area (Å²) in [6, 6.07) is 5.14. The highest BCUT2D eigenvalue weighted by Crippen LogP contribution is 2.39. The summed E-state index contributed by atoms with van der Waals surface area (Å²) >= 11 is 5.76. The van der Waals surface area contributed by atoms with E-state index < -0.39 is 0 Å². The number of carbonyl (C=O) groups is 1. The number of piperidine rings is 1. The van der Waals surface area contributed by atoms with Crippen molar-refractivity contribution in [2.75, 3.05) is 40.3 Å². The van der Waals surface area contributed by atoms with E-state index >= 15 is 0 Å². The summed E-state index contributed by atoms with van der Waals surface area (Å²) in [5, 5.41) is 0.168. The normalized spacial score (nSPS) is 24.6. The molecule has 0 unspecified atom stereocenters. The standard InChI is InChI=1S/C18H25ClFN3O/c1-21(2)17(24)23-8-3-6-18(13-23)7-9-22(12-18)11-14-4-5-15(19)16(20)10-14/h4-5,10H,3,6-9,11-13H2,1-2H3/t18-/m1/s1. The van der Waals surface area contributed by atoms with Crippen LogP contribution in [0.15, 0.2) is 18.2 Å². The molecule has 2 fully saturated rings. The maximum Gasteiger partial charge on any atom is 0.319 e. The number of rotatable bonds is 2. The molecule has 24 heavy (non-hydrogen) atoms. The first kappa shape index (κ1) is 17.5. The Morgan fingerprint density at radius 2 is 2.08 bits per heavy atom. The van der Waals surface area contributed by atoms with Crippen molar-refractivity contribution in [3.63, 3.8) is 0 Å². The van der Waals surface area contributed by atoms with E-state index in [9.17, 15) is 9.18 Å². The average molecular weight is 354 g/mol. The molecular formula is C18H25ClFN3O. The molecule has 2 heterocycles. The third-order valence-electron chi connectivity index (χ3n) is 5.22. The summed E-state index contributed by atoms with van der Waals surface area (Å²) in [4.78, 5) is 18.3. The SMILES string of the molecule is CN(C)C(=O)N1CCC[C@]2(CCN(Cc3ccc(Cl)c(F)c3)C2)C1. The number of nitrogens with zero attached hydrogens (tertiary/aromatic N) is 3. The lowest BCUT2D eigenvalue weighted by atomic mass is 9.79. The highest BCUT2D eigenvalue weighted by Gasteiger charge is 2.42. The minimum absolute atomic E-state index is 0.104. The van der Waals surface area contributed by atoms with Gasteiger partial charge in [0.25, 0.3) is 0 Å².